The number of hydrogen-bond acceptors (Lipinski definition) is 3. The highest BCUT2D eigenvalue weighted by Crippen LogP contribution is 2.29. The van der Waals surface area contributed by atoms with Gasteiger partial charge in [-0.05, 0) is 25.1 Å². The number of pyridine rings is 1. The molecular formula is C15H20N4. The van der Waals surface area contributed by atoms with E-state index >= 15 is 0 Å². The molecule has 0 radical (unpaired) electrons. The minimum absolute atomic E-state index is 0.223. The molecule has 3 heterocycles. The molecule has 1 atom stereocenters. The van der Waals surface area contributed by atoms with Crippen LogP contribution in [0.4, 0.5) is 0 Å². The maximum Gasteiger partial charge on any atom is 0.0948 e. The Labute approximate surface area is 113 Å². The predicted octanol–water partition coefficient (Wildman–Crippen LogP) is 1.77. The fourth-order valence-electron chi connectivity index (χ4n) is 2.82. The Morgan fingerprint density at radius 2 is 2.37 bits per heavy atom. The van der Waals surface area contributed by atoms with Gasteiger partial charge >= 0.3 is 0 Å². The van der Waals surface area contributed by atoms with Crippen molar-refractivity contribution in [1.82, 2.24) is 19.9 Å². The van der Waals surface area contributed by atoms with Gasteiger partial charge in [0.15, 0.2) is 0 Å². The lowest BCUT2D eigenvalue weighted by Gasteiger charge is -2.24. The fraction of sp³-hybridized carbons (Fsp3) is 0.467. The van der Waals surface area contributed by atoms with Crippen LogP contribution in [-0.2, 0) is 18.4 Å². The van der Waals surface area contributed by atoms with Crippen LogP contribution in [0.5, 0.6) is 0 Å². The molecule has 19 heavy (non-hydrogen) atoms. The SMILES string of the molecule is CC1(c2cncn2CCc2ccccn2)CCNC1. The molecule has 1 N–H and O–H groups in total. The summed E-state index contributed by atoms with van der Waals surface area (Å²) >= 11 is 0. The highest BCUT2D eigenvalue weighted by Gasteiger charge is 2.33. The second-order valence-electron chi connectivity index (χ2n) is 5.53. The van der Waals surface area contributed by atoms with Crippen molar-refractivity contribution in [3.8, 4) is 0 Å². The number of aryl methyl sites for hydroxylation is 2. The van der Waals surface area contributed by atoms with Crippen LogP contribution < -0.4 is 5.32 Å². The molecule has 2 aromatic heterocycles. The molecule has 2 aromatic rings. The van der Waals surface area contributed by atoms with E-state index in [4.69, 9.17) is 0 Å². The van der Waals surface area contributed by atoms with Crippen LogP contribution in [0.1, 0.15) is 24.7 Å². The number of hydrogen-bond donors (Lipinski definition) is 1. The van der Waals surface area contributed by atoms with E-state index in [1.165, 1.54) is 12.1 Å². The Hall–Kier alpha value is -1.68. The van der Waals surface area contributed by atoms with Crippen LogP contribution in [0.3, 0.4) is 0 Å². The van der Waals surface area contributed by atoms with Crippen LogP contribution >= 0.6 is 0 Å². The van der Waals surface area contributed by atoms with Crippen molar-refractivity contribution in [3.05, 3.63) is 48.3 Å². The topological polar surface area (TPSA) is 42.7 Å². The van der Waals surface area contributed by atoms with E-state index in [2.05, 4.69) is 32.8 Å². The first kappa shape index (κ1) is 12.4. The highest BCUT2D eigenvalue weighted by molar-refractivity contribution is 5.17. The van der Waals surface area contributed by atoms with Gasteiger partial charge in [0.05, 0.1) is 6.33 Å². The van der Waals surface area contributed by atoms with Crippen LogP contribution in [0.25, 0.3) is 0 Å². The molecule has 100 valence electrons. The van der Waals surface area contributed by atoms with Crippen LogP contribution in [-0.4, -0.2) is 27.6 Å². The van der Waals surface area contributed by atoms with Crippen molar-refractivity contribution in [1.29, 1.82) is 0 Å². The number of rotatable bonds is 4. The zero-order valence-corrected chi connectivity index (χ0v) is 11.3. The molecule has 0 amide bonds. The summed E-state index contributed by atoms with van der Waals surface area (Å²) in [5, 5.41) is 3.45. The van der Waals surface area contributed by atoms with E-state index in [-0.39, 0.29) is 5.41 Å². The molecule has 0 aromatic carbocycles. The number of imidazole rings is 1. The summed E-state index contributed by atoms with van der Waals surface area (Å²) in [5.74, 6) is 0. The van der Waals surface area contributed by atoms with Crippen molar-refractivity contribution in [2.45, 2.75) is 31.7 Å². The molecule has 4 nitrogen and oxygen atoms in total. The molecule has 4 heteroatoms. The quantitative estimate of drug-likeness (QED) is 0.906. The van der Waals surface area contributed by atoms with Gasteiger partial charge in [0.25, 0.3) is 0 Å². The van der Waals surface area contributed by atoms with Gasteiger partial charge in [-0.3, -0.25) is 4.98 Å². The van der Waals surface area contributed by atoms with Crippen molar-refractivity contribution in [2.24, 2.45) is 0 Å². The lowest BCUT2D eigenvalue weighted by Crippen LogP contribution is -2.28. The van der Waals surface area contributed by atoms with Gasteiger partial charge in [-0.15, -0.1) is 0 Å². The van der Waals surface area contributed by atoms with Crippen LogP contribution in [0.15, 0.2) is 36.9 Å². The molecule has 1 aliphatic rings. The van der Waals surface area contributed by atoms with Gasteiger partial charge in [-0.25, -0.2) is 4.98 Å². The maximum atomic E-state index is 4.38. The van der Waals surface area contributed by atoms with Crippen LogP contribution in [0.2, 0.25) is 0 Å². The minimum Gasteiger partial charge on any atom is -0.334 e. The fourth-order valence-corrected chi connectivity index (χ4v) is 2.82. The molecule has 1 fully saturated rings. The van der Waals surface area contributed by atoms with Crippen molar-refractivity contribution >= 4 is 0 Å². The van der Waals surface area contributed by atoms with Crippen molar-refractivity contribution in [2.75, 3.05) is 13.1 Å². The van der Waals surface area contributed by atoms with Gasteiger partial charge in [0.1, 0.15) is 0 Å². The van der Waals surface area contributed by atoms with E-state index in [1.54, 1.807) is 0 Å². The second kappa shape index (κ2) is 5.13. The number of nitrogens with zero attached hydrogens (tertiary/aromatic N) is 3. The third-order valence-electron chi connectivity index (χ3n) is 4.03. The third-order valence-corrected chi connectivity index (χ3v) is 4.03. The van der Waals surface area contributed by atoms with Gasteiger partial charge < -0.3 is 9.88 Å². The summed E-state index contributed by atoms with van der Waals surface area (Å²) in [5.41, 5.74) is 2.70. The Morgan fingerprint density at radius 1 is 1.42 bits per heavy atom. The molecule has 0 aliphatic carbocycles. The summed E-state index contributed by atoms with van der Waals surface area (Å²) in [6.45, 7) is 5.41. The maximum absolute atomic E-state index is 4.38. The third kappa shape index (κ3) is 2.54. The minimum atomic E-state index is 0.223. The average Bonchev–Trinajstić information content (AvgIpc) is 3.07. The summed E-state index contributed by atoms with van der Waals surface area (Å²) in [4.78, 5) is 8.72. The molecular weight excluding hydrogens is 236 g/mol. The summed E-state index contributed by atoms with van der Waals surface area (Å²) in [6.07, 6.45) is 7.95. The first-order chi connectivity index (χ1) is 9.28. The Morgan fingerprint density at radius 3 is 3.11 bits per heavy atom. The Kier molecular flexibility index (Phi) is 3.34. The molecule has 0 saturated carbocycles. The monoisotopic (exact) mass is 256 g/mol. The van der Waals surface area contributed by atoms with E-state index in [9.17, 15) is 0 Å². The van der Waals surface area contributed by atoms with Crippen molar-refractivity contribution in [3.63, 3.8) is 0 Å². The largest absolute Gasteiger partial charge is 0.334 e. The average molecular weight is 256 g/mol. The van der Waals surface area contributed by atoms with Gasteiger partial charge in [-0.2, -0.15) is 0 Å². The smallest absolute Gasteiger partial charge is 0.0948 e. The molecule has 0 bridgehead atoms. The zero-order chi connectivity index (χ0) is 13.1. The second-order valence-corrected chi connectivity index (χ2v) is 5.53. The van der Waals surface area contributed by atoms with E-state index in [1.807, 2.05) is 30.9 Å². The molecule has 0 spiro atoms. The van der Waals surface area contributed by atoms with E-state index < -0.39 is 0 Å². The number of nitrogens with one attached hydrogen (secondary N) is 1. The lowest BCUT2D eigenvalue weighted by molar-refractivity contribution is 0.471. The highest BCUT2D eigenvalue weighted by atomic mass is 15.1. The zero-order valence-electron chi connectivity index (χ0n) is 11.3. The summed E-state index contributed by atoms with van der Waals surface area (Å²) < 4.78 is 2.28. The van der Waals surface area contributed by atoms with E-state index in [0.717, 1.165) is 31.7 Å². The standard InChI is InChI=1S/C15H20N4/c1-15(6-8-16-11-15)14-10-17-12-19(14)9-5-13-4-2-3-7-18-13/h2-4,7,10,12,16H,5-6,8-9,11H2,1H3. The first-order valence-corrected chi connectivity index (χ1v) is 6.89. The molecule has 1 unspecified atom stereocenters. The number of aromatic nitrogens is 3. The van der Waals surface area contributed by atoms with E-state index in [0.29, 0.717) is 0 Å². The van der Waals surface area contributed by atoms with Gasteiger partial charge in [0, 0.05) is 48.7 Å². The van der Waals surface area contributed by atoms with Crippen LogP contribution in [0, 0.1) is 0 Å². The Balaban J connectivity index is 1.74. The predicted molar refractivity (Wildman–Crippen MR) is 75.0 cm³/mol. The molecule has 1 aliphatic heterocycles. The van der Waals surface area contributed by atoms with Gasteiger partial charge in [0.2, 0.25) is 0 Å². The Bertz CT molecular complexity index is 526. The lowest BCUT2D eigenvalue weighted by atomic mass is 9.86. The molecule has 3 rings (SSSR count). The van der Waals surface area contributed by atoms with Gasteiger partial charge in [-0.1, -0.05) is 13.0 Å². The first-order valence-electron chi connectivity index (χ1n) is 6.89. The molecule has 1 saturated heterocycles. The van der Waals surface area contributed by atoms with Crippen molar-refractivity contribution < 1.29 is 0 Å². The summed E-state index contributed by atoms with van der Waals surface area (Å²) in [6, 6.07) is 6.08. The summed E-state index contributed by atoms with van der Waals surface area (Å²) in [7, 11) is 0. The normalized spacial score (nSPS) is 22.8.